The molecule has 0 spiro atoms. The second kappa shape index (κ2) is 20.9. The lowest BCUT2D eigenvalue weighted by atomic mass is 10.1. The highest BCUT2D eigenvalue weighted by Crippen LogP contribution is 2.04. The van der Waals surface area contributed by atoms with Crippen molar-refractivity contribution in [2.45, 2.75) is 32.9 Å². The number of carbonyl (C=O) groups is 2. The number of nitrogens with one attached hydrogen (secondary N) is 2. The number of methoxy groups -OCH3 is 1. The summed E-state index contributed by atoms with van der Waals surface area (Å²) in [7, 11) is 1.46. The maximum atomic E-state index is 13.7. The molecule has 0 saturated carbocycles. The van der Waals surface area contributed by atoms with Gasteiger partial charge < -0.3 is 34.3 Å². The molecule has 0 heterocycles. The zero-order chi connectivity index (χ0) is 22.5. The van der Waals surface area contributed by atoms with Crippen molar-refractivity contribution in [3.8, 4) is 0 Å². The van der Waals surface area contributed by atoms with Crippen molar-refractivity contribution in [1.29, 1.82) is 0 Å². The molecule has 0 aliphatic heterocycles. The summed E-state index contributed by atoms with van der Waals surface area (Å²) < 4.78 is 39.5. The molecule has 2 atom stereocenters. The van der Waals surface area contributed by atoms with Gasteiger partial charge in [0, 0.05) is 19.6 Å². The van der Waals surface area contributed by atoms with Crippen molar-refractivity contribution in [1.82, 2.24) is 10.6 Å². The first-order chi connectivity index (χ1) is 14.5. The highest BCUT2D eigenvalue weighted by atomic mass is 19.1. The van der Waals surface area contributed by atoms with Gasteiger partial charge in [-0.05, 0) is 6.42 Å². The summed E-state index contributed by atoms with van der Waals surface area (Å²) >= 11 is 0. The molecule has 0 aliphatic carbocycles. The Balaban J connectivity index is 3.30. The summed E-state index contributed by atoms with van der Waals surface area (Å²) in [4.78, 5) is 22.8. The van der Waals surface area contributed by atoms with Gasteiger partial charge in [0.25, 0.3) is 0 Å². The van der Waals surface area contributed by atoms with Gasteiger partial charge in [-0.1, -0.05) is 20.3 Å². The first-order valence-corrected chi connectivity index (χ1v) is 10.5. The van der Waals surface area contributed by atoms with Crippen LogP contribution in [0.2, 0.25) is 0 Å². The number of alkyl halides is 1. The lowest BCUT2D eigenvalue weighted by Gasteiger charge is -2.14. The Hall–Kier alpha value is -1.33. The number of carbonyl (C=O) groups excluding carboxylic acids is 2. The molecule has 2 N–H and O–H groups in total. The molecule has 0 bridgehead atoms. The van der Waals surface area contributed by atoms with Crippen LogP contribution in [0.1, 0.15) is 26.7 Å². The zero-order valence-corrected chi connectivity index (χ0v) is 18.6. The minimum atomic E-state index is -1.24. The monoisotopic (exact) mass is 438 g/mol. The lowest BCUT2D eigenvalue weighted by molar-refractivity contribution is -0.125. The summed E-state index contributed by atoms with van der Waals surface area (Å²) in [6.07, 6.45) is 0.480. The Kier molecular flexibility index (Phi) is 20.0. The molecule has 30 heavy (non-hydrogen) atoms. The quantitative estimate of drug-likeness (QED) is 0.254. The van der Waals surface area contributed by atoms with Crippen molar-refractivity contribution >= 4 is 11.8 Å². The van der Waals surface area contributed by atoms with Crippen molar-refractivity contribution < 1.29 is 37.7 Å². The van der Waals surface area contributed by atoms with Crippen LogP contribution in [0.5, 0.6) is 0 Å². The summed E-state index contributed by atoms with van der Waals surface area (Å²) in [5.74, 6) is -0.398. The topological polar surface area (TPSA) is 104 Å². The van der Waals surface area contributed by atoms with E-state index in [1.54, 1.807) is 0 Å². The fourth-order valence-corrected chi connectivity index (χ4v) is 2.32. The van der Waals surface area contributed by atoms with E-state index >= 15 is 0 Å². The summed E-state index contributed by atoms with van der Waals surface area (Å²) in [5, 5.41) is 5.24. The van der Waals surface area contributed by atoms with E-state index in [1.807, 2.05) is 13.8 Å². The molecule has 0 aromatic carbocycles. The van der Waals surface area contributed by atoms with Crippen LogP contribution in [0, 0.1) is 5.92 Å². The van der Waals surface area contributed by atoms with E-state index in [2.05, 4.69) is 15.4 Å². The average Bonchev–Trinajstić information content (AvgIpc) is 2.72. The lowest BCUT2D eigenvalue weighted by Crippen LogP contribution is -2.35. The normalized spacial score (nSPS) is 13.1. The van der Waals surface area contributed by atoms with E-state index in [4.69, 9.17) is 18.9 Å². The van der Waals surface area contributed by atoms with Gasteiger partial charge >= 0.3 is 0 Å². The molecule has 2 amide bonds. The van der Waals surface area contributed by atoms with Crippen molar-refractivity contribution in [3.63, 3.8) is 0 Å². The molecule has 0 aliphatic rings. The standard InChI is InChI=1S/C20H39FN2O7/c1-4-5-17(2)20(25)23-14-18(21)15-30-13-12-29-11-10-28-9-8-27-7-6-22-19(24)16-26-3/h17-18H,4-16H2,1-3H3,(H,22,24)(H,23,25). The van der Waals surface area contributed by atoms with E-state index in [1.165, 1.54) is 7.11 Å². The fourth-order valence-electron chi connectivity index (χ4n) is 2.32. The highest BCUT2D eigenvalue weighted by molar-refractivity contribution is 5.78. The second-order valence-electron chi connectivity index (χ2n) is 6.73. The third-order valence-electron chi connectivity index (χ3n) is 3.93. The summed E-state index contributed by atoms with van der Waals surface area (Å²) in [5.41, 5.74) is 0. The van der Waals surface area contributed by atoms with Crippen LogP contribution < -0.4 is 10.6 Å². The van der Waals surface area contributed by atoms with Gasteiger partial charge in [0.2, 0.25) is 11.8 Å². The second-order valence-corrected chi connectivity index (χ2v) is 6.73. The number of ether oxygens (including phenoxy) is 5. The fraction of sp³-hybridized carbons (Fsp3) is 0.900. The van der Waals surface area contributed by atoms with Crippen LogP contribution in [0.4, 0.5) is 4.39 Å². The van der Waals surface area contributed by atoms with E-state index in [0.29, 0.717) is 46.2 Å². The molecule has 0 aromatic heterocycles. The Morgan fingerprint density at radius 2 is 1.47 bits per heavy atom. The Morgan fingerprint density at radius 1 is 0.900 bits per heavy atom. The largest absolute Gasteiger partial charge is 0.377 e. The third-order valence-corrected chi connectivity index (χ3v) is 3.93. The molecule has 0 radical (unpaired) electrons. The third kappa shape index (κ3) is 18.7. The SMILES string of the molecule is CCCC(C)C(=O)NCC(F)COCCOCCOCCOCCNC(=O)COC. The molecule has 10 heteroatoms. The highest BCUT2D eigenvalue weighted by Gasteiger charge is 2.14. The molecule has 0 rings (SSSR count). The van der Waals surface area contributed by atoms with Crippen molar-refractivity contribution in [2.24, 2.45) is 5.92 Å². The number of hydrogen-bond donors (Lipinski definition) is 2. The minimum Gasteiger partial charge on any atom is -0.377 e. The van der Waals surface area contributed by atoms with E-state index in [-0.39, 0.29) is 44.1 Å². The molecule has 0 saturated heterocycles. The van der Waals surface area contributed by atoms with Gasteiger partial charge in [0.15, 0.2) is 0 Å². The number of hydrogen-bond acceptors (Lipinski definition) is 7. The predicted molar refractivity (Wildman–Crippen MR) is 110 cm³/mol. The van der Waals surface area contributed by atoms with Crippen LogP contribution in [0.15, 0.2) is 0 Å². The Labute approximate surface area is 179 Å². The van der Waals surface area contributed by atoms with E-state index in [9.17, 15) is 14.0 Å². The van der Waals surface area contributed by atoms with Crippen LogP contribution in [0.25, 0.3) is 0 Å². The zero-order valence-electron chi connectivity index (χ0n) is 18.6. The maximum absolute atomic E-state index is 13.7. The molecule has 9 nitrogen and oxygen atoms in total. The maximum Gasteiger partial charge on any atom is 0.246 e. The number of halogens is 1. The van der Waals surface area contributed by atoms with Gasteiger partial charge in [0.05, 0.1) is 59.4 Å². The van der Waals surface area contributed by atoms with Crippen LogP contribution in [-0.4, -0.2) is 97.6 Å². The van der Waals surface area contributed by atoms with E-state index in [0.717, 1.165) is 12.8 Å². The molecular weight excluding hydrogens is 399 g/mol. The van der Waals surface area contributed by atoms with Crippen molar-refractivity contribution in [3.05, 3.63) is 0 Å². The molecule has 2 unspecified atom stereocenters. The number of rotatable bonds is 21. The first kappa shape index (κ1) is 28.7. The molecule has 0 aromatic rings. The van der Waals surface area contributed by atoms with Gasteiger partial charge in [-0.15, -0.1) is 0 Å². The summed E-state index contributed by atoms with van der Waals surface area (Å²) in [6.45, 7) is 6.90. The summed E-state index contributed by atoms with van der Waals surface area (Å²) in [6, 6.07) is 0. The van der Waals surface area contributed by atoms with Crippen LogP contribution in [-0.2, 0) is 33.3 Å². The average molecular weight is 439 g/mol. The van der Waals surface area contributed by atoms with E-state index < -0.39 is 6.17 Å². The molecule has 0 fully saturated rings. The van der Waals surface area contributed by atoms with Crippen molar-refractivity contribution in [2.75, 3.05) is 79.7 Å². The van der Waals surface area contributed by atoms with Gasteiger partial charge in [-0.2, -0.15) is 0 Å². The van der Waals surface area contributed by atoms with Gasteiger partial charge in [-0.3, -0.25) is 9.59 Å². The Morgan fingerprint density at radius 3 is 2.03 bits per heavy atom. The van der Waals surface area contributed by atoms with Crippen LogP contribution in [0.3, 0.4) is 0 Å². The Bertz CT molecular complexity index is 430. The van der Waals surface area contributed by atoms with Gasteiger partial charge in [0.1, 0.15) is 12.8 Å². The molecular formula is C20H39FN2O7. The number of amides is 2. The first-order valence-electron chi connectivity index (χ1n) is 10.5. The molecule has 178 valence electrons. The minimum absolute atomic E-state index is 0.0385. The van der Waals surface area contributed by atoms with Gasteiger partial charge in [-0.25, -0.2) is 4.39 Å². The smallest absolute Gasteiger partial charge is 0.246 e. The van der Waals surface area contributed by atoms with Crippen LogP contribution >= 0.6 is 0 Å². The predicted octanol–water partition coefficient (Wildman–Crippen LogP) is 0.706.